The summed E-state index contributed by atoms with van der Waals surface area (Å²) >= 11 is 5.98. The van der Waals surface area contributed by atoms with Crippen molar-refractivity contribution in [1.82, 2.24) is 24.3 Å². The Labute approximate surface area is 205 Å². The molecule has 11 nitrogen and oxygen atoms in total. The Morgan fingerprint density at radius 3 is 2.61 bits per heavy atom. The van der Waals surface area contributed by atoms with Gasteiger partial charge >= 0.3 is 11.9 Å². The molecular formula is C20H19ClF4N6O5. The number of carbonyl (C=O) groups excluding carboxylic acids is 1. The molecule has 1 amide bonds. The highest BCUT2D eigenvalue weighted by molar-refractivity contribution is 6.33. The van der Waals surface area contributed by atoms with Crippen LogP contribution in [0.15, 0.2) is 23.1 Å². The van der Waals surface area contributed by atoms with Crippen LogP contribution in [-0.4, -0.2) is 54.7 Å². The van der Waals surface area contributed by atoms with E-state index in [1.807, 2.05) is 0 Å². The van der Waals surface area contributed by atoms with E-state index in [1.165, 1.54) is 19.4 Å². The highest BCUT2D eigenvalue weighted by atomic mass is 35.5. The second-order valence-corrected chi connectivity index (χ2v) is 7.45. The number of nitrogens with one attached hydrogen (secondary N) is 1. The van der Waals surface area contributed by atoms with E-state index >= 15 is 4.39 Å². The number of nitrogens with zero attached hydrogens (tertiary/aromatic N) is 5. The van der Waals surface area contributed by atoms with Gasteiger partial charge in [0.05, 0.1) is 7.11 Å². The molecule has 1 atom stereocenters. The van der Waals surface area contributed by atoms with E-state index in [0.717, 1.165) is 4.57 Å². The van der Waals surface area contributed by atoms with Crippen LogP contribution in [-0.2, 0) is 13.2 Å². The summed E-state index contributed by atoms with van der Waals surface area (Å²) in [6, 6.07) is 1.88. The van der Waals surface area contributed by atoms with Crippen LogP contribution in [0.25, 0.3) is 5.82 Å². The highest BCUT2D eigenvalue weighted by Gasteiger charge is 2.39. The molecular weight excluding hydrogens is 516 g/mol. The number of carbonyl (C=O) groups is 1. The third-order valence-electron chi connectivity index (χ3n) is 4.84. The molecule has 0 saturated heterocycles. The molecule has 0 saturated carbocycles. The first-order valence-electron chi connectivity index (χ1n) is 10.2. The summed E-state index contributed by atoms with van der Waals surface area (Å²) in [5.41, 5.74) is -1.82. The summed E-state index contributed by atoms with van der Waals surface area (Å²) < 4.78 is 66.1. The molecule has 0 bridgehead atoms. The maximum Gasteiger partial charge on any atom is 0.425 e. The zero-order valence-corrected chi connectivity index (χ0v) is 19.7. The number of anilines is 1. The number of alkyl halides is 3. The zero-order chi connectivity index (χ0) is 26.8. The predicted molar refractivity (Wildman–Crippen MR) is 117 cm³/mol. The van der Waals surface area contributed by atoms with Crippen LogP contribution in [0.3, 0.4) is 0 Å². The topological polar surface area (TPSA) is 133 Å². The Morgan fingerprint density at radius 2 is 2.06 bits per heavy atom. The maximum absolute atomic E-state index is 15.1. The largest absolute Gasteiger partial charge is 0.494 e. The molecule has 0 unspecified atom stereocenters. The van der Waals surface area contributed by atoms with Crippen molar-refractivity contribution in [3.05, 3.63) is 51.2 Å². The smallest absolute Gasteiger partial charge is 0.425 e. The van der Waals surface area contributed by atoms with Crippen molar-refractivity contribution in [2.75, 3.05) is 12.4 Å². The Hall–Kier alpha value is -3.72. The second kappa shape index (κ2) is 10.5. The van der Waals surface area contributed by atoms with E-state index in [9.17, 15) is 27.9 Å². The average molecular weight is 535 g/mol. The summed E-state index contributed by atoms with van der Waals surface area (Å²) in [6.45, 7) is 1.58. The fraction of sp³-hybridized carbons (Fsp3) is 0.350. The number of methoxy groups -OCH3 is 1. The Kier molecular flexibility index (Phi) is 7.83. The number of pyridine rings is 2. The van der Waals surface area contributed by atoms with Gasteiger partial charge in [-0.1, -0.05) is 11.6 Å². The van der Waals surface area contributed by atoms with Crippen molar-refractivity contribution < 1.29 is 36.9 Å². The number of amides is 1. The number of aromatic nitrogens is 5. The van der Waals surface area contributed by atoms with Gasteiger partial charge in [0, 0.05) is 18.8 Å². The molecule has 0 aliphatic rings. The van der Waals surface area contributed by atoms with Gasteiger partial charge in [0.15, 0.2) is 28.7 Å². The lowest BCUT2D eigenvalue weighted by Crippen LogP contribution is -2.33. The zero-order valence-electron chi connectivity index (χ0n) is 18.9. The Morgan fingerprint density at radius 1 is 1.36 bits per heavy atom. The summed E-state index contributed by atoms with van der Waals surface area (Å²) in [5.74, 6) is -4.32. The van der Waals surface area contributed by atoms with Gasteiger partial charge in [-0.25, -0.2) is 14.2 Å². The first-order valence-corrected chi connectivity index (χ1v) is 10.5. The van der Waals surface area contributed by atoms with Crippen LogP contribution in [0, 0.1) is 5.82 Å². The van der Waals surface area contributed by atoms with E-state index in [2.05, 4.69) is 20.4 Å². The molecule has 0 spiro atoms. The van der Waals surface area contributed by atoms with E-state index in [1.54, 1.807) is 6.92 Å². The monoisotopic (exact) mass is 534 g/mol. The van der Waals surface area contributed by atoms with Crippen molar-refractivity contribution >= 4 is 23.2 Å². The molecule has 0 fully saturated rings. The first kappa shape index (κ1) is 26.9. The third kappa shape index (κ3) is 5.26. The molecule has 2 N–H and O–H groups in total. The quantitative estimate of drug-likeness (QED) is 0.333. The summed E-state index contributed by atoms with van der Waals surface area (Å²) in [4.78, 5) is 33.0. The number of ether oxygens (including phenoxy) is 2. The highest BCUT2D eigenvalue weighted by Crippen LogP contribution is 2.32. The maximum atomic E-state index is 15.1. The molecule has 3 aromatic heterocycles. The van der Waals surface area contributed by atoms with E-state index in [0.29, 0.717) is 17.7 Å². The minimum absolute atomic E-state index is 0.0546. The molecule has 3 rings (SSSR count). The van der Waals surface area contributed by atoms with Crippen molar-refractivity contribution in [3.8, 4) is 17.4 Å². The van der Waals surface area contributed by atoms with Gasteiger partial charge in [-0.2, -0.15) is 22.8 Å². The molecule has 0 aliphatic heterocycles. The van der Waals surface area contributed by atoms with Gasteiger partial charge in [-0.05, 0) is 19.9 Å². The normalized spacial score (nSPS) is 12.4. The molecule has 3 heterocycles. The SMILES string of the molecule is CCn1c(CO)nn(-c2nc(O[C@@H](C)C(F)(F)F)c(C(=O)Nc3c(OC)ccnc3Cl)cc2F)c1=O. The molecule has 3 aromatic rings. The lowest BCUT2D eigenvalue weighted by molar-refractivity contribution is -0.190. The van der Waals surface area contributed by atoms with Crippen LogP contribution in [0.2, 0.25) is 5.15 Å². The van der Waals surface area contributed by atoms with Crippen LogP contribution >= 0.6 is 11.6 Å². The number of aliphatic hydroxyl groups is 1. The molecule has 0 aliphatic carbocycles. The lowest BCUT2D eigenvalue weighted by atomic mass is 10.2. The number of aliphatic hydroxyl groups excluding tert-OH is 1. The fourth-order valence-electron chi connectivity index (χ4n) is 2.99. The third-order valence-corrected chi connectivity index (χ3v) is 5.13. The van der Waals surface area contributed by atoms with Crippen LogP contribution in [0.1, 0.15) is 30.0 Å². The van der Waals surface area contributed by atoms with Crippen LogP contribution < -0.4 is 20.5 Å². The number of rotatable bonds is 8. The molecule has 0 aromatic carbocycles. The summed E-state index contributed by atoms with van der Waals surface area (Å²) in [6.07, 6.45) is -6.06. The molecule has 16 heteroatoms. The molecule has 194 valence electrons. The van der Waals surface area contributed by atoms with Crippen molar-refractivity contribution in [1.29, 1.82) is 0 Å². The minimum Gasteiger partial charge on any atom is -0.494 e. The summed E-state index contributed by atoms with van der Waals surface area (Å²) in [7, 11) is 1.27. The van der Waals surface area contributed by atoms with E-state index in [-0.39, 0.29) is 29.0 Å². The van der Waals surface area contributed by atoms with Crippen molar-refractivity contribution in [2.45, 2.75) is 39.3 Å². The predicted octanol–water partition coefficient (Wildman–Crippen LogP) is 2.72. The van der Waals surface area contributed by atoms with E-state index < -0.39 is 53.6 Å². The van der Waals surface area contributed by atoms with Crippen molar-refractivity contribution in [3.63, 3.8) is 0 Å². The van der Waals surface area contributed by atoms with Gasteiger partial charge in [0.25, 0.3) is 5.91 Å². The lowest BCUT2D eigenvalue weighted by Gasteiger charge is -2.19. The average Bonchev–Trinajstić information content (AvgIpc) is 3.15. The van der Waals surface area contributed by atoms with Crippen LogP contribution in [0.5, 0.6) is 11.6 Å². The van der Waals surface area contributed by atoms with Gasteiger partial charge in [-0.3, -0.25) is 9.36 Å². The van der Waals surface area contributed by atoms with Crippen molar-refractivity contribution in [2.24, 2.45) is 0 Å². The first-order chi connectivity index (χ1) is 16.9. The van der Waals surface area contributed by atoms with Crippen LogP contribution in [0.4, 0.5) is 23.2 Å². The minimum atomic E-state index is -4.87. The van der Waals surface area contributed by atoms with Gasteiger partial charge in [-0.15, -0.1) is 5.10 Å². The van der Waals surface area contributed by atoms with E-state index in [4.69, 9.17) is 21.1 Å². The van der Waals surface area contributed by atoms with Gasteiger partial charge in [0.2, 0.25) is 5.88 Å². The molecule has 0 radical (unpaired) electrons. The van der Waals surface area contributed by atoms with Gasteiger partial charge < -0.3 is 19.9 Å². The Balaban J connectivity index is 2.16. The second-order valence-electron chi connectivity index (χ2n) is 7.09. The number of hydrogen-bond donors (Lipinski definition) is 2. The fourth-order valence-corrected chi connectivity index (χ4v) is 3.19. The Bertz CT molecular complexity index is 1340. The standard InChI is InChI=1S/C20H19ClF4N6O5/c1-4-30-13(8-32)29-31(19(30)34)16-11(22)7-10(18(28-16)36-9(2)20(23,24)25)17(33)27-14-12(35-3)5-6-26-15(14)21/h5-7,9,32H,4,8H2,1-3H3,(H,27,33)/t9-/m0/s1. The van der Waals surface area contributed by atoms with Gasteiger partial charge in [0.1, 0.15) is 23.6 Å². The number of halogens is 5. The summed E-state index contributed by atoms with van der Waals surface area (Å²) in [5, 5.41) is 15.2. The number of hydrogen-bond acceptors (Lipinski definition) is 8. The molecule has 36 heavy (non-hydrogen) atoms.